The molecule has 0 heterocycles. The SMILES string of the molecule is CC[C@H](NC(=O)[C@H](C)Oc1cccc(OC)c1)c1ccc(S(C)(=O)=O)cc1. The van der Waals surface area contributed by atoms with Crippen LogP contribution in [0.4, 0.5) is 0 Å². The van der Waals surface area contributed by atoms with Gasteiger partial charge in [-0.3, -0.25) is 4.79 Å². The van der Waals surface area contributed by atoms with Gasteiger partial charge in [0.05, 0.1) is 18.0 Å². The lowest BCUT2D eigenvalue weighted by molar-refractivity contribution is -0.128. The van der Waals surface area contributed by atoms with Gasteiger partial charge in [-0.25, -0.2) is 8.42 Å². The van der Waals surface area contributed by atoms with Crippen LogP contribution < -0.4 is 14.8 Å². The van der Waals surface area contributed by atoms with E-state index in [1.807, 2.05) is 6.92 Å². The number of carbonyl (C=O) groups excluding carboxylic acids is 1. The van der Waals surface area contributed by atoms with Crippen LogP contribution in [-0.2, 0) is 14.6 Å². The molecule has 0 aliphatic rings. The molecule has 0 radical (unpaired) electrons. The smallest absolute Gasteiger partial charge is 0.261 e. The minimum Gasteiger partial charge on any atom is -0.497 e. The van der Waals surface area contributed by atoms with Crippen molar-refractivity contribution in [1.82, 2.24) is 5.32 Å². The summed E-state index contributed by atoms with van der Waals surface area (Å²) in [6, 6.07) is 13.4. The van der Waals surface area contributed by atoms with Gasteiger partial charge in [-0.05, 0) is 43.2 Å². The number of nitrogens with one attached hydrogen (secondary N) is 1. The number of sulfone groups is 1. The highest BCUT2D eigenvalue weighted by atomic mass is 32.2. The fourth-order valence-corrected chi connectivity index (χ4v) is 3.22. The molecule has 2 aromatic carbocycles. The molecule has 7 heteroatoms. The lowest BCUT2D eigenvalue weighted by Gasteiger charge is -2.21. The van der Waals surface area contributed by atoms with Crippen molar-refractivity contribution in [2.45, 2.75) is 37.3 Å². The molecule has 0 unspecified atom stereocenters. The molecule has 0 aromatic heterocycles. The van der Waals surface area contributed by atoms with Crippen LogP contribution in [0.5, 0.6) is 11.5 Å². The van der Waals surface area contributed by atoms with E-state index in [0.717, 1.165) is 5.56 Å². The monoisotopic (exact) mass is 391 g/mol. The molecule has 0 fully saturated rings. The lowest BCUT2D eigenvalue weighted by atomic mass is 10.0. The average Bonchev–Trinajstić information content (AvgIpc) is 2.65. The second-order valence-corrected chi connectivity index (χ2v) is 8.27. The van der Waals surface area contributed by atoms with Crippen LogP contribution in [0.2, 0.25) is 0 Å². The molecule has 27 heavy (non-hydrogen) atoms. The minimum absolute atomic E-state index is 0.234. The predicted octanol–water partition coefficient (Wildman–Crippen LogP) is 3.13. The molecule has 146 valence electrons. The Labute approximate surface area is 160 Å². The van der Waals surface area contributed by atoms with Crippen molar-refractivity contribution in [1.29, 1.82) is 0 Å². The second kappa shape index (κ2) is 8.90. The third-order valence-electron chi connectivity index (χ3n) is 4.16. The number of hydrogen-bond donors (Lipinski definition) is 1. The first kappa shape index (κ1) is 20.8. The molecule has 0 saturated carbocycles. The molecule has 2 aromatic rings. The van der Waals surface area contributed by atoms with Gasteiger partial charge in [0, 0.05) is 12.3 Å². The molecule has 0 bridgehead atoms. The summed E-state index contributed by atoms with van der Waals surface area (Å²) in [6.07, 6.45) is 1.13. The van der Waals surface area contributed by atoms with E-state index in [4.69, 9.17) is 9.47 Å². The van der Waals surface area contributed by atoms with Crippen LogP contribution in [0.25, 0.3) is 0 Å². The number of hydrogen-bond acceptors (Lipinski definition) is 5. The normalized spacial score (nSPS) is 13.5. The first-order valence-corrected chi connectivity index (χ1v) is 10.5. The van der Waals surface area contributed by atoms with Gasteiger partial charge < -0.3 is 14.8 Å². The molecular weight excluding hydrogens is 366 g/mol. The van der Waals surface area contributed by atoms with Crippen LogP contribution in [0.1, 0.15) is 31.9 Å². The summed E-state index contributed by atoms with van der Waals surface area (Å²) in [7, 11) is -1.68. The number of benzene rings is 2. The van der Waals surface area contributed by atoms with E-state index in [9.17, 15) is 13.2 Å². The molecule has 6 nitrogen and oxygen atoms in total. The highest BCUT2D eigenvalue weighted by molar-refractivity contribution is 7.90. The Morgan fingerprint density at radius 2 is 1.74 bits per heavy atom. The highest BCUT2D eigenvalue weighted by Gasteiger charge is 2.20. The third kappa shape index (κ3) is 5.72. The van der Waals surface area contributed by atoms with Crippen molar-refractivity contribution in [3.8, 4) is 11.5 Å². The standard InChI is InChI=1S/C20H25NO5S/c1-5-19(15-9-11-18(12-10-15)27(4,23)24)21-20(22)14(2)26-17-8-6-7-16(13-17)25-3/h6-14,19H,5H2,1-4H3,(H,21,22)/t14-,19-/m0/s1. The van der Waals surface area contributed by atoms with Crippen LogP contribution in [0.3, 0.4) is 0 Å². The molecule has 1 amide bonds. The summed E-state index contributed by atoms with van der Waals surface area (Å²) in [6.45, 7) is 3.62. The molecule has 2 atom stereocenters. The quantitative estimate of drug-likeness (QED) is 0.748. The van der Waals surface area contributed by atoms with Crippen LogP contribution >= 0.6 is 0 Å². The largest absolute Gasteiger partial charge is 0.497 e. The van der Waals surface area contributed by atoms with E-state index < -0.39 is 15.9 Å². The molecule has 1 N–H and O–H groups in total. The second-order valence-electron chi connectivity index (χ2n) is 6.25. The third-order valence-corrected chi connectivity index (χ3v) is 5.29. The zero-order valence-electron chi connectivity index (χ0n) is 15.9. The van der Waals surface area contributed by atoms with Crippen molar-refractivity contribution < 1.29 is 22.7 Å². The summed E-state index contributed by atoms with van der Waals surface area (Å²) in [4.78, 5) is 12.8. The number of methoxy groups -OCH3 is 1. The van der Waals surface area contributed by atoms with Crippen LogP contribution in [0.15, 0.2) is 53.4 Å². The maximum absolute atomic E-state index is 12.5. The fraction of sp³-hybridized carbons (Fsp3) is 0.350. The van der Waals surface area contributed by atoms with E-state index in [1.54, 1.807) is 62.6 Å². The van der Waals surface area contributed by atoms with Crippen molar-refractivity contribution in [2.24, 2.45) is 0 Å². The minimum atomic E-state index is -3.25. The van der Waals surface area contributed by atoms with Crippen molar-refractivity contribution in [3.05, 3.63) is 54.1 Å². The van der Waals surface area contributed by atoms with Gasteiger partial charge in [-0.15, -0.1) is 0 Å². The first-order chi connectivity index (χ1) is 12.7. The summed E-state index contributed by atoms with van der Waals surface area (Å²) in [5.74, 6) is 0.942. The number of carbonyl (C=O) groups is 1. The van der Waals surface area contributed by atoms with Gasteiger partial charge in [-0.1, -0.05) is 25.1 Å². The predicted molar refractivity (Wildman–Crippen MR) is 104 cm³/mol. The Morgan fingerprint density at radius 1 is 1.11 bits per heavy atom. The van der Waals surface area contributed by atoms with Gasteiger partial charge in [0.15, 0.2) is 15.9 Å². The van der Waals surface area contributed by atoms with E-state index >= 15 is 0 Å². The van der Waals surface area contributed by atoms with Crippen molar-refractivity contribution in [2.75, 3.05) is 13.4 Å². The Morgan fingerprint density at radius 3 is 2.30 bits per heavy atom. The van der Waals surface area contributed by atoms with E-state index in [0.29, 0.717) is 17.9 Å². The number of amides is 1. The summed E-state index contributed by atoms with van der Waals surface area (Å²) >= 11 is 0. The van der Waals surface area contributed by atoms with Gasteiger partial charge in [0.1, 0.15) is 11.5 Å². The van der Waals surface area contributed by atoms with Crippen molar-refractivity contribution in [3.63, 3.8) is 0 Å². The first-order valence-electron chi connectivity index (χ1n) is 8.65. The Hall–Kier alpha value is -2.54. The fourth-order valence-electron chi connectivity index (χ4n) is 2.59. The molecular formula is C20H25NO5S. The Balaban J connectivity index is 2.05. The molecule has 0 aliphatic heterocycles. The van der Waals surface area contributed by atoms with Gasteiger partial charge in [0.2, 0.25) is 0 Å². The Bertz CT molecular complexity index is 878. The maximum atomic E-state index is 12.5. The average molecular weight is 391 g/mol. The van der Waals surface area contributed by atoms with Crippen LogP contribution in [-0.4, -0.2) is 33.8 Å². The van der Waals surface area contributed by atoms with E-state index in [1.165, 1.54) is 6.26 Å². The summed E-state index contributed by atoms with van der Waals surface area (Å²) in [5.41, 5.74) is 0.840. The zero-order valence-corrected chi connectivity index (χ0v) is 16.7. The lowest BCUT2D eigenvalue weighted by Crippen LogP contribution is -2.38. The molecule has 0 spiro atoms. The Kier molecular flexibility index (Phi) is 6.85. The molecule has 0 saturated heterocycles. The molecule has 0 aliphatic carbocycles. The van der Waals surface area contributed by atoms with Crippen molar-refractivity contribution >= 4 is 15.7 Å². The maximum Gasteiger partial charge on any atom is 0.261 e. The topological polar surface area (TPSA) is 81.7 Å². The van der Waals surface area contributed by atoms with Crippen LogP contribution in [0, 0.1) is 0 Å². The van der Waals surface area contributed by atoms with Gasteiger partial charge in [-0.2, -0.15) is 0 Å². The van der Waals surface area contributed by atoms with E-state index in [2.05, 4.69) is 5.32 Å². The molecule has 2 rings (SSSR count). The van der Waals surface area contributed by atoms with E-state index in [-0.39, 0.29) is 16.8 Å². The van der Waals surface area contributed by atoms with Gasteiger partial charge in [0.25, 0.3) is 5.91 Å². The summed E-state index contributed by atoms with van der Waals surface area (Å²) < 4.78 is 34.0. The zero-order chi connectivity index (χ0) is 20.0. The number of ether oxygens (including phenoxy) is 2. The highest BCUT2D eigenvalue weighted by Crippen LogP contribution is 2.22. The van der Waals surface area contributed by atoms with Gasteiger partial charge >= 0.3 is 0 Å². The summed E-state index contributed by atoms with van der Waals surface area (Å²) in [5, 5.41) is 2.95. The number of rotatable bonds is 8.